The van der Waals surface area contributed by atoms with Crippen LogP contribution in [0.25, 0.3) is 0 Å². The molecular weight excluding hydrogens is 166 g/mol. The topological polar surface area (TPSA) is 30.5 Å². The SMILES string of the molecule is CCCCCONOCCCCC. The van der Waals surface area contributed by atoms with Crippen molar-refractivity contribution in [1.29, 1.82) is 0 Å². The van der Waals surface area contributed by atoms with Crippen molar-refractivity contribution in [3.05, 3.63) is 0 Å². The zero-order valence-electron chi connectivity index (χ0n) is 8.97. The zero-order chi connectivity index (χ0) is 9.78. The van der Waals surface area contributed by atoms with Crippen LogP contribution in [0.15, 0.2) is 0 Å². The molecule has 0 fully saturated rings. The third-order valence-electron chi connectivity index (χ3n) is 1.82. The average Bonchev–Trinajstić information content (AvgIpc) is 2.16. The van der Waals surface area contributed by atoms with Gasteiger partial charge in [-0.05, 0) is 12.8 Å². The Kier molecular flexibility index (Phi) is 11.8. The summed E-state index contributed by atoms with van der Waals surface area (Å²) < 4.78 is 0. The molecule has 0 aliphatic heterocycles. The maximum atomic E-state index is 5.04. The van der Waals surface area contributed by atoms with Crippen molar-refractivity contribution in [3.8, 4) is 0 Å². The Morgan fingerprint density at radius 3 is 1.62 bits per heavy atom. The minimum Gasteiger partial charge on any atom is -0.277 e. The molecule has 13 heavy (non-hydrogen) atoms. The Morgan fingerprint density at radius 1 is 0.769 bits per heavy atom. The lowest BCUT2D eigenvalue weighted by Crippen LogP contribution is -2.16. The van der Waals surface area contributed by atoms with Gasteiger partial charge in [-0.3, -0.25) is 9.68 Å². The summed E-state index contributed by atoms with van der Waals surface area (Å²) in [4.78, 5) is 10.1. The van der Waals surface area contributed by atoms with E-state index in [1.165, 1.54) is 25.7 Å². The van der Waals surface area contributed by atoms with Gasteiger partial charge >= 0.3 is 0 Å². The van der Waals surface area contributed by atoms with Gasteiger partial charge in [0.15, 0.2) is 0 Å². The largest absolute Gasteiger partial charge is 0.277 e. The van der Waals surface area contributed by atoms with Crippen molar-refractivity contribution in [3.63, 3.8) is 0 Å². The summed E-state index contributed by atoms with van der Waals surface area (Å²) in [5, 5.41) is 0. The third kappa shape index (κ3) is 11.9. The summed E-state index contributed by atoms with van der Waals surface area (Å²) in [6.45, 7) is 5.83. The first-order valence-corrected chi connectivity index (χ1v) is 5.40. The molecule has 0 atom stereocenters. The van der Waals surface area contributed by atoms with Crippen molar-refractivity contribution in [1.82, 2.24) is 5.64 Å². The highest BCUT2D eigenvalue weighted by Crippen LogP contribution is 1.94. The monoisotopic (exact) mass is 189 g/mol. The van der Waals surface area contributed by atoms with Crippen molar-refractivity contribution < 1.29 is 9.68 Å². The van der Waals surface area contributed by atoms with Crippen LogP contribution in [-0.2, 0) is 9.68 Å². The number of hydrogen-bond acceptors (Lipinski definition) is 3. The Bertz CT molecular complexity index is 79.0. The summed E-state index contributed by atoms with van der Waals surface area (Å²) in [6, 6.07) is 0. The molecule has 0 unspecified atom stereocenters. The molecule has 3 heteroatoms. The number of rotatable bonds is 10. The van der Waals surface area contributed by atoms with E-state index in [4.69, 9.17) is 9.68 Å². The maximum absolute atomic E-state index is 5.04. The van der Waals surface area contributed by atoms with Crippen LogP contribution >= 0.6 is 0 Å². The summed E-state index contributed by atoms with van der Waals surface area (Å²) in [6.07, 6.45) is 7.08. The molecule has 0 aliphatic carbocycles. The Morgan fingerprint density at radius 2 is 1.23 bits per heavy atom. The van der Waals surface area contributed by atoms with Gasteiger partial charge in [0.25, 0.3) is 0 Å². The second-order valence-corrected chi connectivity index (χ2v) is 3.19. The zero-order valence-corrected chi connectivity index (χ0v) is 8.97. The summed E-state index contributed by atoms with van der Waals surface area (Å²) in [5.74, 6) is 0. The summed E-state index contributed by atoms with van der Waals surface area (Å²) in [7, 11) is 0. The molecular formula is C10H23NO2. The van der Waals surface area contributed by atoms with E-state index in [-0.39, 0.29) is 0 Å². The van der Waals surface area contributed by atoms with E-state index in [0.717, 1.165) is 26.1 Å². The van der Waals surface area contributed by atoms with E-state index in [0.29, 0.717) is 0 Å². The highest BCUT2D eigenvalue weighted by molar-refractivity contribution is 4.34. The number of unbranched alkanes of at least 4 members (excludes halogenated alkanes) is 4. The molecule has 0 aromatic heterocycles. The molecule has 0 spiro atoms. The van der Waals surface area contributed by atoms with E-state index in [9.17, 15) is 0 Å². The van der Waals surface area contributed by atoms with Crippen molar-refractivity contribution in [2.75, 3.05) is 13.2 Å². The first-order valence-electron chi connectivity index (χ1n) is 5.40. The van der Waals surface area contributed by atoms with E-state index in [1.54, 1.807) is 0 Å². The smallest absolute Gasteiger partial charge is 0.0709 e. The van der Waals surface area contributed by atoms with Crippen LogP contribution in [0.2, 0.25) is 0 Å². The minimum atomic E-state index is 0.738. The van der Waals surface area contributed by atoms with E-state index in [1.807, 2.05) is 0 Å². The second kappa shape index (κ2) is 11.9. The maximum Gasteiger partial charge on any atom is 0.0709 e. The van der Waals surface area contributed by atoms with Gasteiger partial charge in [0.2, 0.25) is 0 Å². The van der Waals surface area contributed by atoms with Crippen LogP contribution in [0.1, 0.15) is 52.4 Å². The van der Waals surface area contributed by atoms with E-state index < -0.39 is 0 Å². The normalized spacial score (nSPS) is 10.6. The Labute approximate surface area is 81.7 Å². The average molecular weight is 189 g/mol. The van der Waals surface area contributed by atoms with Gasteiger partial charge in [-0.25, -0.2) is 0 Å². The lowest BCUT2D eigenvalue weighted by Gasteiger charge is -2.05. The van der Waals surface area contributed by atoms with E-state index in [2.05, 4.69) is 19.5 Å². The predicted octanol–water partition coefficient (Wildman–Crippen LogP) is 2.82. The molecule has 1 N–H and O–H groups in total. The van der Waals surface area contributed by atoms with Crippen LogP contribution in [0.5, 0.6) is 0 Å². The molecule has 3 nitrogen and oxygen atoms in total. The molecule has 0 saturated carbocycles. The molecule has 0 amide bonds. The van der Waals surface area contributed by atoms with Gasteiger partial charge in [-0.1, -0.05) is 45.2 Å². The lowest BCUT2D eigenvalue weighted by atomic mass is 10.3. The highest BCUT2D eigenvalue weighted by atomic mass is 16.9. The summed E-state index contributed by atoms with van der Waals surface area (Å²) in [5.41, 5.74) is 2.50. The molecule has 0 bridgehead atoms. The van der Waals surface area contributed by atoms with Crippen LogP contribution < -0.4 is 5.64 Å². The highest BCUT2D eigenvalue weighted by Gasteiger charge is 1.89. The molecule has 0 heterocycles. The van der Waals surface area contributed by atoms with Crippen LogP contribution in [0.3, 0.4) is 0 Å². The minimum absolute atomic E-state index is 0.738. The fourth-order valence-electron chi connectivity index (χ4n) is 0.973. The van der Waals surface area contributed by atoms with Crippen molar-refractivity contribution in [2.24, 2.45) is 0 Å². The first kappa shape index (κ1) is 12.9. The lowest BCUT2D eigenvalue weighted by molar-refractivity contribution is -0.171. The molecule has 0 rings (SSSR count). The third-order valence-corrected chi connectivity index (χ3v) is 1.82. The first-order chi connectivity index (χ1) is 6.41. The molecule has 80 valence electrons. The van der Waals surface area contributed by atoms with Gasteiger partial charge in [-0.15, -0.1) is 0 Å². The van der Waals surface area contributed by atoms with E-state index >= 15 is 0 Å². The number of nitrogens with one attached hydrogen (secondary N) is 1. The number of hydrogen-bond donors (Lipinski definition) is 1. The van der Waals surface area contributed by atoms with Crippen molar-refractivity contribution in [2.45, 2.75) is 52.4 Å². The fraction of sp³-hybridized carbons (Fsp3) is 1.00. The van der Waals surface area contributed by atoms with Gasteiger partial charge in [-0.2, -0.15) is 0 Å². The quantitative estimate of drug-likeness (QED) is 0.423. The van der Waals surface area contributed by atoms with Gasteiger partial charge in [0.1, 0.15) is 0 Å². The van der Waals surface area contributed by atoms with Gasteiger partial charge < -0.3 is 0 Å². The van der Waals surface area contributed by atoms with Crippen LogP contribution in [0.4, 0.5) is 0 Å². The Balaban J connectivity index is 2.76. The molecule has 0 aliphatic rings. The van der Waals surface area contributed by atoms with Crippen LogP contribution in [-0.4, -0.2) is 13.2 Å². The predicted molar refractivity (Wildman–Crippen MR) is 54.1 cm³/mol. The molecule has 0 radical (unpaired) electrons. The molecule has 0 aromatic rings. The fourth-order valence-corrected chi connectivity index (χ4v) is 0.973. The van der Waals surface area contributed by atoms with Crippen molar-refractivity contribution >= 4 is 0 Å². The molecule has 0 saturated heterocycles. The van der Waals surface area contributed by atoms with Crippen LogP contribution in [0, 0.1) is 0 Å². The molecule has 0 aromatic carbocycles. The Hall–Kier alpha value is -0.120. The second-order valence-electron chi connectivity index (χ2n) is 3.19. The van der Waals surface area contributed by atoms with Gasteiger partial charge in [0, 0.05) is 0 Å². The summed E-state index contributed by atoms with van der Waals surface area (Å²) >= 11 is 0. The van der Waals surface area contributed by atoms with Gasteiger partial charge in [0.05, 0.1) is 13.2 Å². The standard InChI is InChI=1S/C10H23NO2/c1-3-5-7-9-12-11-13-10-8-6-4-2/h11H,3-10H2,1-2H3.